The molecule has 7 nitrogen and oxygen atoms in total. The molecular formula is C27H28N6O. The number of H-pyrrole nitrogens is 1. The highest BCUT2D eigenvalue weighted by Crippen LogP contribution is 2.30. The highest BCUT2D eigenvalue weighted by molar-refractivity contribution is 5.98. The van der Waals surface area contributed by atoms with Gasteiger partial charge < -0.3 is 9.88 Å². The Kier molecular flexibility index (Phi) is 5.55. The van der Waals surface area contributed by atoms with Crippen molar-refractivity contribution in [2.24, 2.45) is 5.92 Å². The highest BCUT2D eigenvalue weighted by atomic mass is 16.2. The minimum Gasteiger partial charge on any atom is -0.351 e. The second-order valence-corrected chi connectivity index (χ2v) is 9.39. The zero-order valence-electron chi connectivity index (χ0n) is 19.2. The summed E-state index contributed by atoms with van der Waals surface area (Å²) >= 11 is 0. The van der Waals surface area contributed by atoms with Gasteiger partial charge in [-0.3, -0.25) is 14.7 Å². The molecule has 3 aromatic heterocycles. The van der Waals surface area contributed by atoms with E-state index in [9.17, 15) is 4.79 Å². The lowest BCUT2D eigenvalue weighted by Gasteiger charge is -2.34. The fraction of sp³-hybridized carbons (Fsp3) is 0.333. The van der Waals surface area contributed by atoms with Gasteiger partial charge in [0.15, 0.2) is 0 Å². The number of aromatic nitrogens is 4. The smallest absolute Gasteiger partial charge is 0.270 e. The largest absolute Gasteiger partial charge is 0.351 e. The first-order valence-corrected chi connectivity index (χ1v) is 12.1. The number of aromatic amines is 1. The molecule has 1 saturated heterocycles. The van der Waals surface area contributed by atoms with Crippen LogP contribution in [0.4, 0.5) is 0 Å². The van der Waals surface area contributed by atoms with Crippen molar-refractivity contribution in [3.05, 3.63) is 78.0 Å². The number of pyridine rings is 1. The first-order valence-electron chi connectivity index (χ1n) is 12.1. The number of hydrogen-bond acceptors (Lipinski definition) is 5. The number of carbonyl (C=O) groups excluding carboxylic acids is 1. The second kappa shape index (κ2) is 8.99. The molecule has 2 aliphatic rings. The van der Waals surface area contributed by atoms with Gasteiger partial charge in [0.2, 0.25) is 0 Å². The zero-order chi connectivity index (χ0) is 22.9. The molecule has 1 aromatic carbocycles. The van der Waals surface area contributed by atoms with Crippen molar-refractivity contribution in [2.45, 2.75) is 19.3 Å². The van der Waals surface area contributed by atoms with Crippen molar-refractivity contribution in [1.29, 1.82) is 0 Å². The highest BCUT2D eigenvalue weighted by Gasteiger charge is 2.28. The Balaban J connectivity index is 1.15. The van der Waals surface area contributed by atoms with E-state index in [-0.39, 0.29) is 5.91 Å². The maximum absolute atomic E-state index is 13.1. The molecule has 4 heterocycles. The molecule has 4 aromatic rings. The van der Waals surface area contributed by atoms with Crippen molar-refractivity contribution in [3.8, 4) is 11.4 Å². The topological polar surface area (TPSA) is 78.0 Å². The van der Waals surface area contributed by atoms with Gasteiger partial charge in [0.05, 0.1) is 11.4 Å². The predicted molar refractivity (Wildman–Crippen MR) is 131 cm³/mol. The molecule has 0 spiro atoms. The molecular weight excluding hydrogens is 424 g/mol. The van der Waals surface area contributed by atoms with Crippen LogP contribution in [0.25, 0.3) is 22.3 Å². The molecule has 0 unspecified atom stereocenters. The number of hydrogen-bond donors (Lipinski definition) is 1. The van der Waals surface area contributed by atoms with Gasteiger partial charge in [-0.2, -0.15) is 0 Å². The van der Waals surface area contributed by atoms with Crippen LogP contribution in [0.2, 0.25) is 0 Å². The van der Waals surface area contributed by atoms with Gasteiger partial charge in [-0.15, -0.1) is 0 Å². The van der Waals surface area contributed by atoms with E-state index in [1.807, 2.05) is 41.3 Å². The molecule has 0 atom stereocenters. The minimum absolute atomic E-state index is 0.0928. The summed E-state index contributed by atoms with van der Waals surface area (Å²) in [6.45, 7) is 4.76. The number of fused-ring (bicyclic) bond motifs is 1. The van der Waals surface area contributed by atoms with Crippen molar-refractivity contribution in [2.75, 3.05) is 32.7 Å². The Morgan fingerprint density at radius 3 is 2.62 bits per heavy atom. The van der Waals surface area contributed by atoms with Crippen LogP contribution in [0.15, 0.2) is 60.9 Å². The maximum atomic E-state index is 13.1. The molecule has 0 radical (unpaired) electrons. The standard InChI is InChI=1S/C27H28N6O/c34-27(33-13-11-32(12-14-33)18-19-4-5-19)25-17-21-15-20(6-7-22(21)30-25)16-26-29-10-8-24(31-26)23-3-1-2-9-28-23/h1-3,6-10,15,17,19,30H,4-5,11-14,16,18H2. The third-order valence-corrected chi connectivity index (χ3v) is 6.78. The summed E-state index contributed by atoms with van der Waals surface area (Å²) in [7, 11) is 0. The molecule has 34 heavy (non-hydrogen) atoms. The van der Waals surface area contributed by atoms with E-state index in [4.69, 9.17) is 4.98 Å². The summed E-state index contributed by atoms with van der Waals surface area (Å²) < 4.78 is 0. The maximum Gasteiger partial charge on any atom is 0.270 e. The van der Waals surface area contributed by atoms with Gasteiger partial charge in [-0.05, 0) is 60.7 Å². The SMILES string of the molecule is O=C(c1cc2cc(Cc3nccc(-c4ccccn4)n3)ccc2[nH]1)N1CCN(CC2CC2)CC1. The third kappa shape index (κ3) is 4.56. The van der Waals surface area contributed by atoms with E-state index < -0.39 is 0 Å². The summed E-state index contributed by atoms with van der Waals surface area (Å²) in [5.41, 5.74) is 4.40. The van der Waals surface area contributed by atoms with Gasteiger partial charge in [-0.25, -0.2) is 9.97 Å². The Labute approximate surface area is 198 Å². The Morgan fingerprint density at radius 1 is 0.941 bits per heavy atom. The van der Waals surface area contributed by atoms with E-state index in [1.54, 1.807) is 12.4 Å². The molecule has 1 saturated carbocycles. The van der Waals surface area contributed by atoms with E-state index in [0.29, 0.717) is 12.1 Å². The summed E-state index contributed by atoms with van der Waals surface area (Å²) in [4.78, 5) is 34.4. The average Bonchev–Trinajstić information content (AvgIpc) is 3.60. The fourth-order valence-electron chi connectivity index (χ4n) is 4.70. The molecule has 1 aliphatic heterocycles. The first-order chi connectivity index (χ1) is 16.7. The second-order valence-electron chi connectivity index (χ2n) is 9.39. The molecule has 6 rings (SSSR count). The molecule has 1 N–H and O–H groups in total. The zero-order valence-corrected chi connectivity index (χ0v) is 19.2. The third-order valence-electron chi connectivity index (χ3n) is 6.78. The summed E-state index contributed by atoms with van der Waals surface area (Å²) in [5.74, 6) is 1.74. The molecule has 0 bridgehead atoms. The summed E-state index contributed by atoms with van der Waals surface area (Å²) in [6.07, 6.45) is 6.91. The first kappa shape index (κ1) is 21.0. The van der Waals surface area contributed by atoms with Gasteiger partial charge in [-0.1, -0.05) is 12.1 Å². The van der Waals surface area contributed by atoms with Crippen LogP contribution in [0.1, 0.15) is 34.7 Å². The van der Waals surface area contributed by atoms with Crippen molar-refractivity contribution in [3.63, 3.8) is 0 Å². The number of rotatable bonds is 6. The number of carbonyl (C=O) groups is 1. The van der Waals surface area contributed by atoms with E-state index in [0.717, 1.165) is 65.8 Å². The number of nitrogens with one attached hydrogen (secondary N) is 1. The summed E-state index contributed by atoms with van der Waals surface area (Å²) in [6, 6.07) is 15.9. The molecule has 2 fully saturated rings. The Hall–Kier alpha value is -3.58. The van der Waals surface area contributed by atoms with Gasteiger partial charge in [0, 0.05) is 62.4 Å². The van der Waals surface area contributed by atoms with Gasteiger partial charge in [0.1, 0.15) is 11.5 Å². The van der Waals surface area contributed by atoms with Crippen LogP contribution < -0.4 is 0 Å². The van der Waals surface area contributed by atoms with Crippen LogP contribution >= 0.6 is 0 Å². The molecule has 172 valence electrons. The van der Waals surface area contributed by atoms with Crippen molar-refractivity contribution >= 4 is 16.8 Å². The lowest BCUT2D eigenvalue weighted by Crippen LogP contribution is -2.49. The predicted octanol–water partition coefficient (Wildman–Crippen LogP) is 3.78. The van der Waals surface area contributed by atoms with Gasteiger partial charge in [0.25, 0.3) is 5.91 Å². The van der Waals surface area contributed by atoms with E-state index >= 15 is 0 Å². The lowest BCUT2D eigenvalue weighted by atomic mass is 10.1. The lowest BCUT2D eigenvalue weighted by molar-refractivity contribution is 0.0627. The normalized spacial score (nSPS) is 16.8. The molecule has 1 amide bonds. The monoisotopic (exact) mass is 452 g/mol. The van der Waals surface area contributed by atoms with Crippen LogP contribution in [-0.4, -0.2) is 68.4 Å². The number of benzene rings is 1. The number of piperazine rings is 1. The van der Waals surface area contributed by atoms with Crippen LogP contribution in [0.3, 0.4) is 0 Å². The molecule has 7 heteroatoms. The molecule has 1 aliphatic carbocycles. The number of nitrogens with zero attached hydrogens (tertiary/aromatic N) is 5. The fourth-order valence-corrected chi connectivity index (χ4v) is 4.70. The summed E-state index contributed by atoms with van der Waals surface area (Å²) in [5, 5.41) is 1.04. The Bertz CT molecular complexity index is 1310. The van der Waals surface area contributed by atoms with Crippen LogP contribution in [0.5, 0.6) is 0 Å². The van der Waals surface area contributed by atoms with E-state index in [2.05, 4.69) is 32.0 Å². The van der Waals surface area contributed by atoms with E-state index in [1.165, 1.54) is 19.4 Å². The Morgan fingerprint density at radius 2 is 1.82 bits per heavy atom. The minimum atomic E-state index is 0.0928. The van der Waals surface area contributed by atoms with Crippen molar-refractivity contribution < 1.29 is 4.79 Å². The number of amides is 1. The van der Waals surface area contributed by atoms with Crippen LogP contribution in [0, 0.1) is 5.92 Å². The van der Waals surface area contributed by atoms with Crippen LogP contribution in [-0.2, 0) is 6.42 Å². The quantitative estimate of drug-likeness (QED) is 0.482. The van der Waals surface area contributed by atoms with Gasteiger partial charge >= 0.3 is 0 Å². The van der Waals surface area contributed by atoms with Crippen molar-refractivity contribution in [1.82, 2.24) is 29.7 Å². The average molecular weight is 453 g/mol.